The average molecular weight is 521 g/mol. The second kappa shape index (κ2) is 10.0. The predicted molar refractivity (Wildman–Crippen MR) is 133 cm³/mol. The molecule has 2 aromatic carbocycles. The van der Waals surface area contributed by atoms with Crippen molar-refractivity contribution in [3.05, 3.63) is 63.4 Å². The summed E-state index contributed by atoms with van der Waals surface area (Å²) < 4.78 is 6.87. The first-order chi connectivity index (χ1) is 15.9. The molecule has 2 heterocycles. The van der Waals surface area contributed by atoms with Gasteiger partial charge in [-0.3, -0.25) is 10.1 Å². The number of hydrogen-bond acceptors (Lipinski definition) is 7. The zero-order chi connectivity index (χ0) is 23.5. The van der Waals surface area contributed by atoms with E-state index in [1.54, 1.807) is 4.52 Å². The fourth-order valence-corrected chi connectivity index (χ4v) is 4.72. The van der Waals surface area contributed by atoms with E-state index >= 15 is 0 Å². The van der Waals surface area contributed by atoms with Gasteiger partial charge >= 0.3 is 0 Å². The Kier molecular flexibility index (Phi) is 7.08. The molecule has 33 heavy (non-hydrogen) atoms. The lowest BCUT2D eigenvalue weighted by Crippen LogP contribution is -2.38. The van der Waals surface area contributed by atoms with Gasteiger partial charge in [0, 0.05) is 24.1 Å². The predicted octanol–water partition coefficient (Wildman–Crippen LogP) is 4.54. The maximum Gasteiger partial charge on any atom is 0.257 e. The first kappa shape index (κ1) is 23.4. The third-order valence-corrected chi connectivity index (χ3v) is 6.47. The third-order valence-electron chi connectivity index (χ3n) is 4.72. The normalized spacial score (nSPS) is 10.9. The van der Waals surface area contributed by atoms with Crippen molar-refractivity contribution in [2.75, 3.05) is 7.11 Å². The summed E-state index contributed by atoms with van der Waals surface area (Å²) in [5.41, 5.74) is 2.25. The summed E-state index contributed by atoms with van der Waals surface area (Å²) in [7, 11) is 1.45. The van der Waals surface area contributed by atoms with E-state index in [9.17, 15) is 4.79 Å². The molecule has 0 aliphatic heterocycles. The van der Waals surface area contributed by atoms with E-state index in [1.165, 1.54) is 30.6 Å². The number of fused-ring (bicyclic) bond motifs is 1. The van der Waals surface area contributed by atoms with Gasteiger partial charge in [-0.25, -0.2) is 0 Å². The largest absolute Gasteiger partial charge is 0.494 e. The number of benzene rings is 2. The van der Waals surface area contributed by atoms with Gasteiger partial charge < -0.3 is 10.1 Å². The topological polar surface area (TPSA) is 93.4 Å². The summed E-state index contributed by atoms with van der Waals surface area (Å²) in [6, 6.07) is 10.9. The molecule has 170 valence electrons. The number of carbonyl (C=O) groups excluding carboxylic acids is 1. The van der Waals surface area contributed by atoms with E-state index in [0.29, 0.717) is 12.3 Å². The van der Waals surface area contributed by atoms with Crippen LogP contribution in [0, 0.1) is 0 Å². The molecule has 0 aliphatic carbocycles. The molecule has 0 saturated heterocycles. The van der Waals surface area contributed by atoms with Crippen molar-refractivity contribution in [1.29, 1.82) is 0 Å². The monoisotopic (exact) mass is 520 g/mol. The first-order valence-electron chi connectivity index (χ1n) is 9.82. The van der Waals surface area contributed by atoms with Crippen molar-refractivity contribution in [3.63, 3.8) is 0 Å². The summed E-state index contributed by atoms with van der Waals surface area (Å²) in [5.74, 6) is 0.723. The highest BCUT2D eigenvalue weighted by Crippen LogP contribution is 2.33. The summed E-state index contributed by atoms with van der Waals surface area (Å²) in [4.78, 5) is 13.2. The maximum absolute atomic E-state index is 12.5. The van der Waals surface area contributed by atoms with Crippen molar-refractivity contribution in [2.45, 2.75) is 19.9 Å². The van der Waals surface area contributed by atoms with E-state index in [4.69, 9.17) is 40.2 Å². The number of ether oxygens (including phenoxy) is 1. The lowest BCUT2D eigenvalue weighted by molar-refractivity contribution is 0.0976. The minimum atomic E-state index is -0.427. The molecule has 2 N–H and O–H groups in total. The molecule has 0 saturated carbocycles. The quantitative estimate of drug-likeness (QED) is 0.360. The van der Waals surface area contributed by atoms with Gasteiger partial charge in [0.15, 0.2) is 16.7 Å². The number of amides is 1. The number of nitrogens with zero attached hydrogens (tertiary/aromatic N) is 4. The molecule has 0 bridgehead atoms. The van der Waals surface area contributed by atoms with E-state index in [1.807, 2.05) is 31.2 Å². The number of aromatic nitrogens is 4. The van der Waals surface area contributed by atoms with Gasteiger partial charge in [0.1, 0.15) is 5.01 Å². The van der Waals surface area contributed by atoms with Gasteiger partial charge in [-0.15, -0.1) is 10.2 Å². The molecule has 0 aliphatic rings. The van der Waals surface area contributed by atoms with Crippen LogP contribution in [0.25, 0.3) is 15.5 Å². The van der Waals surface area contributed by atoms with Crippen LogP contribution in [0.15, 0.2) is 36.4 Å². The molecule has 0 fully saturated rings. The number of aryl methyl sites for hydroxylation is 1. The molecule has 0 radical (unpaired) electrons. The molecule has 1 amide bonds. The number of thiocarbonyl (C=S) groups is 1. The number of carbonyl (C=O) groups is 1. The van der Waals surface area contributed by atoms with Crippen LogP contribution in [0.1, 0.15) is 28.7 Å². The second-order valence-electron chi connectivity index (χ2n) is 6.88. The molecular formula is C21H18Cl2N6O2S2. The van der Waals surface area contributed by atoms with Crippen molar-refractivity contribution >= 4 is 62.7 Å². The second-order valence-corrected chi connectivity index (χ2v) is 9.06. The van der Waals surface area contributed by atoms with Crippen LogP contribution in [-0.2, 0) is 13.0 Å². The third kappa shape index (κ3) is 5.09. The Morgan fingerprint density at radius 3 is 2.52 bits per heavy atom. The van der Waals surface area contributed by atoms with Gasteiger partial charge in [-0.1, -0.05) is 65.7 Å². The fraction of sp³-hybridized carbons (Fsp3) is 0.190. The van der Waals surface area contributed by atoms with Crippen LogP contribution in [0.3, 0.4) is 0 Å². The summed E-state index contributed by atoms with van der Waals surface area (Å²) in [6.07, 6.45) is 0.768. The Morgan fingerprint density at radius 2 is 1.88 bits per heavy atom. The lowest BCUT2D eigenvalue weighted by atomic mass is 10.1. The summed E-state index contributed by atoms with van der Waals surface area (Å²) >= 11 is 18.9. The Balaban J connectivity index is 1.35. The first-order valence-corrected chi connectivity index (χ1v) is 11.8. The number of rotatable bonds is 6. The van der Waals surface area contributed by atoms with Crippen LogP contribution in [-0.4, -0.2) is 37.9 Å². The minimum Gasteiger partial charge on any atom is -0.494 e. The Bertz CT molecular complexity index is 1310. The molecule has 12 heteroatoms. The van der Waals surface area contributed by atoms with Crippen molar-refractivity contribution < 1.29 is 9.53 Å². The van der Waals surface area contributed by atoms with E-state index < -0.39 is 5.91 Å². The zero-order valence-corrected chi connectivity index (χ0v) is 20.7. The summed E-state index contributed by atoms with van der Waals surface area (Å²) in [5, 5.41) is 20.0. The van der Waals surface area contributed by atoms with Crippen LogP contribution >= 0.6 is 46.8 Å². The highest BCUT2D eigenvalue weighted by Gasteiger charge is 2.15. The average Bonchev–Trinajstić information content (AvgIpc) is 3.38. The minimum absolute atomic E-state index is 0.188. The van der Waals surface area contributed by atoms with E-state index in [-0.39, 0.29) is 20.7 Å². The van der Waals surface area contributed by atoms with Crippen molar-refractivity contribution in [3.8, 4) is 16.3 Å². The van der Waals surface area contributed by atoms with Gasteiger partial charge in [-0.05, 0) is 29.9 Å². The van der Waals surface area contributed by atoms with Gasteiger partial charge in [-0.2, -0.15) is 9.61 Å². The van der Waals surface area contributed by atoms with Gasteiger partial charge in [0.05, 0.1) is 17.2 Å². The maximum atomic E-state index is 12.5. The van der Waals surface area contributed by atoms with Crippen molar-refractivity contribution in [1.82, 2.24) is 30.4 Å². The molecule has 0 spiro atoms. The molecular weight excluding hydrogens is 503 g/mol. The number of methoxy groups -OCH3 is 1. The Morgan fingerprint density at radius 1 is 1.18 bits per heavy atom. The number of halogens is 2. The highest BCUT2D eigenvalue weighted by atomic mass is 35.5. The van der Waals surface area contributed by atoms with Gasteiger partial charge in [0.2, 0.25) is 4.96 Å². The van der Waals surface area contributed by atoms with Gasteiger partial charge in [0.25, 0.3) is 5.91 Å². The van der Waals surface area contributed by atoms with Crippen LogP contribution < -0.4 is 15.4 Å². The van der Waals surface area contributed by atoms with Crippen molar-refractivity contribution in [2.24, 2.45) is 0 Å². The van der Waals surface area contributed by atoms with Crippen LogP contribution in [0.4, 0.5) is 0 Å². The van der Waals surface area contributed by atoms with Crippen LogP contribution in [0.5, 0.6) is 5.75 Å². The molecule has 8 nitrogen and oxygen atoms in total. The molecule has 0 atom stereocenters. The Hall–Kier alpha value is -2.79. The number of hydrogen-bond donors (Lipinski definition) is 2. The summed E-state index contributed by atoms with van der Waals surface area (Å²) in [6.45, 7) is 2.46. The molecule has 4 rings (SSSR count). The van der Waals surface area contributed by atoms with Crippen LogP contribution in [0.2, 0.25) is 10.0 Å². The standard InChI is InChI=1S/C21H18Cl2N6O2S2/c1-3-16-26-27-21-29(16)28-19(33-21)12-6-4-11(5-7-12)10-24-20(32)25-18(30)13-8-14(22)17(31-2)15(23)9-13/h4-9H,3,10H2,1-2H3,(H2,24,25,30,32). The van der Waals surface area contributed by atoms with E-state index in [0.717, 1.165) is 33.3 Å². The number of nitrogens with one attached hydrogen (secondary N) is 2. The molecule has 2 aromatic heterocycles. The lowest BCUT2D eigenvalue weighted by Gasteiger charge is -2.11. The fourth-order valence-electron chi connectivity index (χ4n) is 3.05. The molecule has 4 aromatic rings. The highest BCUT2D eigenvalue weighted by molar-refractivity contribution is 7.80. The Labute approximate surface area is 208 Å². The zero-order valence-electron chi connectivity index (χ0n) is 17.6. The van der Waals surface area contributed by atoms with E-state index in [2.05, 4.69) is 25.9 Å². The smallest absolute Gasteiger partial charge is 0.257 e. The SMILES string of the molecule is CCc1nnc2sc(-c3ccc(CNC(=S)NC(=O)c4cc(Cl)c(OC)c(Cl)c4)cc3)nn12. The molecule has 0 unspecified atom stereocenters.